The Morgan fingerprint density at radius 3 is 2.37 bits per heavy atom. The van der Waals surface area contributed by atoms with Crippen LogP contribution >= 0.6 is 15.9 Å². The molecule has 0 heterocycles. The smallest absolute Gasteiger partial charge is 0.137 e. The first-order chi connectivity index (χ1) is 9.10. The summed E-state index contributed by atoms with van der Waals surface area (Å²) in [5.41, 5.74) is 1.83. The van der Waals surface area contributed by atoms with Gasteiger partial charge in [-0.3, -0.25) is 0 Å². The quantitative estimate of drug-likeness (QED) is 0.805. The highest BCUT2D eigenvalue weighted by Gasteiger charge is 2.10. The normalized spacial score (nSPS) is 12.2. The summed E-state index contributed by atoms with van der Waals surface area (Å²) in [5.74, 6) is -0.538. The molecule has 0 spiro atoms. The van der Waals surface area contributed by atoms with Crippen LogP contribution in [-0.4, -0.2) is 0 Å². The summed E-state index contributed by atoms with van der Waals surface area (Å²) in [6.45, 7) is 2.04. The molecule has 0 bridgehead atoms. The molecule has 0 radical (unpaired) electrons. The SMILES string of the molecule is CCC(Nc1ccc(F)c(Br)c1)c1ccc(F)cc1. The monoisotopic (exact) mass is 325 g/mol. The summed E-state index contributed by atoms with van der Waals surface area (Å²) < 4.78 is 26.5. The first kappa shape index (κ1) is 14.0. The van der Waals surface area contributed by atoms with Crippen molar-refractivity contribution in [1.82, 2.24) is 0 Å². The van der Waals surface area contributed by atoms with Gasteiger partial charge < -0.3 is 5.32 Å². The van der Waals surface area contributed by atoms with Crippen LogP contribution in [0.15, 0.2) is 46.9 Å². The van der Waals surface area contributed by atoms with Gasteiger partial charge in [0.05, 0.1) is 10.5 Å². The highest BCUT2D eigenvalue weighted by atomic mass is 79.9. The van der Waals surface area contributed by atoms with Crippen molar-refractivity contribution in [3.8, 4) is 0 Å². The maximum Gasteiger partial charge on any atom is 0.137 e. The Morgan fingerprint density at radius 2 is 1.79 bits per heavy atom. The molecule has 0 aliphatic heterocycles. The molecule has 0 aliphatic carbocycles. The van der Waals surface area contributed by atoms with E-state index in [0.29, 0.717) is 4.47 Å². The molecule has 4 heteroatoms. The van der Waals surface area contributed by atoms with Crippen molar-refractivity contribution in [2.24, 2.45) is 0 Å². The van der Waals surface area contributed by atoms with Gasteiger partial charge in [0.15, 0.2) is 0 Å². The van der Waals surface area contributed by atoms with Crippen LogP contribution in [-0.2, 0) is 0 Å². The van der Waals surface area contributed by atoms with Gasteiger partial charge in [-0.25, -0.2) is 8.78 Å². The predicted octanol–water partition coefficient (Wildman–Crippen LogP) is 5.29. The Balaban J connectivity index is 2.18. The molecular formula is C15H14BrF2N. The third kappa shape index (κ3) is 3.53. The molecule has 1 unspecified atom stereocenters. The Hall–Kier alpha value is -1.42. The van der Waals surface area contributed by atoms with Gasteiger partial charge in [-0.2, -0.15) is 0 Å². The Bertz CT molecular complexity index is 555. The van der Waals surface area contributed by atoms with E-state index in [-0.39, 0.29) is 17.7 Å². The van der Waals surface area contributed by atoms with Gasteiger partial charge in [-0.05, 0) is 58.2 Å². The van der Waals surface area contributed by atoms with E-state index in [0.717, 1.165) is 17.7 Å². The summed E-state index contributed by atoms with van der Waals surface area (Å²) in [4.78, 5) is 0. The first-order valence-electron chi connectivity index (χ1n) is 6.07. The van der Waals surface area contributed by atoms with E-state index in [1.165, 1.54) is 18.2 Å². The van der Waals surface area contributed by atoms with Crippen LogP contribution in [0.5, 0.6) is 0 Å². The minimum absolute atomic E-state index is 0.0676. The van der Waals surface area contributed by atoms with Crippen LogP contribution in [0, 0.1) is 11.6 Å². The van der Waals surface area contributed by atoms with Crippen LogP contribution in [0.3, 0.4) is 0 Å². The summed E-state index contributed by atoms with van der Waals surface area (Å²) in [6.07, 6.45) is 0.848. The number of halogens is 3. The second-order valence-electron chi connectivity index (χ2n) is 4.29. The molecule has 100 valence electrons. The molecule has 1 atom stereocenters. The molecule has 0 aromatic heterocycles. The van der Waals surface area contributed by atoms with Gasteiger partial charge in [0.2, 0.25) is 0 Å². The standard InChI is InChI=1S/C15H14BrF2N/c1-2-15(10-3-5-11(17)6-4-10)19-12-7-8-14(18)13(16)9-12/h3-9,15,19H,2H2,1H3. The second kappa shape index (κ2) is 6.15. The van der Waals surface area contributed by atoms with E-state index < -0.39 is 0 Å². The van der Waals surface area contributed by atoms with E-state index in [2.05, 4.69) is 21.2 Å². The summed E-state index contributed by atoms with van der Waals surface area (Å²) >= 11 is 3.16. The van der Waals surface area contributed by atoms with Crippen LogP contribution in [0.25, 0.3) is 0 Å². The van der Waals surface area contributed by atoms with E-state index in [1.54, 1.807) is 24.3 Å². The zero-order valence-electron chi connectivity index (χ0n) is 10.5. The molecule has 0 amide bonds. The van der Waals surface area contributed by atoms with Crippen LogP contribution in [0.4, 0.5) is 14.5 Å². The van der Waals surface area contributed by atoms with Crippen molar-refractivity contribution < 1.29 is 8.78 Å². The number of anilines is 1. The van der Waals surface area contributed by atoms with Gasteiger partial charge in [0.25, 0.3) is 0 Å². The average Bonchev–Trinajstić information content (AvgIpc) is 2.41. The maximum atomic E-state index is 13.2. The topological polar surface area (TPSA) is 12.0 Å². The van der Waals surface area contributed by atoms with Crippen LogP contribution < -0.4 is 5.32 Å². The first-order valence-corrected chi connectivity index (χ1v) is 6.86. The molecule has 0 saturated heterocycles. The maximum absolute atomic E-state index is 13.2. The lowest BCUT2D eigenvalue weighted by molar-refractivity contribution is 0.620. The second-order valence-corrected chi connectivity index (χ2v) is 5.14. The van der Waals surface area contributed by atoms with Gasteiger partial charge in [-0.15, -0.1) is 0 Å². The molecule has 0 fully saturated rings. The van der Waals surface area contributed by atoms with Crippen molar-refractivity contribution in [1.29, 1.82) is 0 Å². The molecule has 1 N–H and O–H groups in total. The molecule has 2 rings (SSSR count). The van der Waals surface area contributed by atoms with Crippen LogP contribution in [0.1, 0.15) is 24.9 Å². The molecule has 0 saturated carbocycles. The van der Waals surface area contributed by atoms with Crippen LogP contribution in [0.2, 0.25) is 0 Å². The molecule has 2 aromatic rings. The summed E-state index contributed by atoms with van der Waals surface area (Å²) in [5, 5.41) is 3.31. The largest absolute Gasteiger partial charge is 0.378 e. The van der Waals surface area contributed by atoms with Crippen molar-refractivity contribution in [3.05, 3.63) is 64.1 Å². The van der Waals surface area contributed by atoms with Gasteiger partial charge in [-0.1, -0.05) is 19.1 Å². The van der Waals surface area contributed by atoms with Crippen molar-refractivity contribution in [2.45, 2.75) is 19.4 Å². The van der Waals surface area contributed by atoms with E-state index in [1.807, 2.05) is 6.92 Å². The molecular weight excluding hydrogens is 312 g/mol. The lowest BCUT2D eigenvalue weighted by atomic mass is 10.0. The zero-order valence-corrected chi connectivity index (χ0v) is 12.0. The fourth-order valence-corrected chi connectivity index (χ4v) is 2.28. The minimum atomic E-state index is -0.291. The number of hydrogen-bond acceptors (Lipinski definition) is 1. The predicted molar refractivity (Wildman–Crippen MR) is 77.2 cm³/mol. The van der Waals surface area contributed by atoms with Gasteiger partial charge >= 0.3 is 0 Å². The lowest BCUT2D eigenvalue weighted by Gasteiger charge is -2.19. The Labute approximate surface area is 119 Å². The fourth-order valence-electron chi connectivity index (χ4n) is 1.90. The van der Waals surface area contributed by atoms with Crippen molar-refractivity contribution >= 4 is 21.6 Å². The number of rotatable bonds is 4. The Morgan fingerprint density at radius 1 is 1.11 bits per heavy atom. The third-order valence-corrected chi connectivity index (χ3v) is 3.55. The molecule has 0 aliphatic rings. The highest BCUT2D eigenvalue weighted by Crippen LogP contribution is 2.26. The zero-order chi connectivity index (χ0) is 13.8. The van der Waals surface area contributed by atoms with E-state index >= 15 is 0 Å². The average molecular weight is 326 g/mol. The van der Waals surface area contributed by atoms with Gasteiger partial charge in [0, 0.05) is 5.69 Å². The number of benzene rings is 2. The minimum Gasteiger partial charge on any atom is -0.378 e. The lowest BCUT2D eigenvalue weighted by Crippen LogP contribution is -2.09. The van der Waals surface area contributed by atoms with Gasteiger partial charge in [0.1, 0.15) is 11.6 Å². The number of hydrogen-bond donors (Lipinski definition) is 1. The highest BCUT2D eigenvalue weighted by molar-refractivity contribution is 9.10. The molecule has 19 heavy (non-hydrogen) atoms. The van der Waals surface area contributed by atoms with E-state index in [4.69, 9.17) is 0 Å². The summed E-state index contributed by atoms with van der Waals surface area (Å²) in [7, 11) is 0. The summed E-state index contributed by atoms with van der Waals surface area (Å²) in [6, 6.07) is 11.3. The Kier molecular flexibility index (Phi) is 4.53. The van der Waals surface area contributed by atoms with E-state index in [9.17, 15) is 8.78 Å². The molecule has 2 aromatic carbocycles. The third-order valence-electron chi connectivity index (χ3n) is 2.94. The number of nitrogens with one attached hydrogen (secondary N) is 1. The van der Waals surface area contributed by atoms with Crippen molar-refractivity contribution in [3.63, 3.8) is 0 Å². The van der Waals surface area contributed by atoms with Crippen molar-refractivity contribution in [2.75, 3.05) is 5.32 Å². The molecule has 1 nitrogen and oxygen atoms in total. The fraction of sp³-hybridized carbons (Fsp3) is 0.200.